The Kier molecular flexibility index (Phi) is 13.3. The summed E-state index contributed by atoms with van der Waals surface area (Å²) >= 11 is 0. The van der Waals surface area contributed by atoms with Crippen molar-refractivity contribution in [2.24, 2.45) is 16.7 Å². The molecule has 0 fully saturated rings. The smallest absolute Gasteiger partial charge is 0.164 e. The quantitative estimate of drug-likeness (QED) is 0.0864. The SMILES string of the molecule is CC(C)Cc1cc2c(o1)c(-c1[c-]c3ccccc3c(C(C)(C)C)c1)nc1ccccc12.CCC(C)(CC)C(=O)/C=C(\O)C(C)(CC)CC.[Ir]. The minimum Gasteiger partial charge on any atom is -0.512 e. The molecule has 0 atom stereocenters. The number of nitrogens with zero attached hydrogens (tertiary/aromatic N) is 1. The average molecular weight is 839 g/mol. The maximum absolute atomic E-state index is 12.2. The zero-order valence-electron chi connectivity index (χ0n) is 31.5. The van der Waals surface area contributed by atoms with Crippen LogP contribution in [-0.4, -0.2) is 15.9 Å². The summed E-state index contributed by atoms with van der Waals surface area (Å²) in [6, 6.07) is 24.9. The molecule has 0 saturated heterocycles. The predicted octanol–water partition coefficient (Wildman–Crippen LogP) is 12.7. The number of aliphatic hydroxyl groups excluding tert-OH is 1. The first-order chi connectivity index (χ1) is 22.6. The summed E-state index contributed by atoms with van der Waals surface area (Å²) < 4.78 is 6.43. The van der Waals surface area contributed by atoms with Crippen molar-refractivity contribution in [3.05, 3.63) is 89.9 Å². The van der Waals surface area contributed by atoms with E-state index in [1.165, 1.54) is 17.0 Å². The van der Waals surface area contributed by atoms with Crippen molar-refractivity contribution in [1.82, 2.24) is 4.98 Å². The van der Waals surface area contributed by atoms with Crippen LogP contribution in [0.5, 0.6) is 0 Å². The van der Waals surface area contributed by atoms with E-state index in [-0.39, 0.29) is 47.9 Å². The van der Waals surface area contributed by atoms with Crippen molar-refractivity contribution in [2.75, 3.05) is 0 Å². The summed E-state index contributed by atoms with van der Waals surface area (Å²) in [5.41, 5.74) is 4.42. The zero-order chi connectivity index (χ0) is 35.4. The maximum Gasteiger partial charge on any atom is 0.164 e. The maximum atomic E-state index is 12.2. The van der Waals surface area contributed by atoms with Gasteiger partial charge in [0.25, 0.3) is 0 Å². The summed E-state index contributed by atoms with van der Waals surface area (Å²) in [7, 11) is 0. The fraction of sp³-hybridized carbons (Fsp3) is 0.455. The normalized spacial score (nSPS) is 12.7. The Morgan fingerprint density at radius 3 is 1.98 bits per heavy atom. The second-order valence-corrected chi connectivity index (χ2v) is 15.4. The van der Waals surface area contributed by atoms with Gasteiger partial charge in [-0.1, -0.05) is 124 Å². The zero-order valence-corrected chi connectivity index (χ0v) is 33.9. The van der Waals surface area contributed by atoms with Crippen LogP contribution in [0.3, 0.4) is 0 Å². The Bertz CT molecular complexity index is 1920. The van der Waals surface area contributed by atoms with Gasteiger partial charge in [0.05, 0.1) is 5.52 Å². The molecule has 2 heterocycles. The van der Waals surface area contributed by atoms with Crippen molar-refractivity contribution >= 4 is 38.4 Å². The topological polar surface area (TPSA) is 63.3 Å². The summed E-state index contributed by atoms with van der Waals surface area (Å²) in [4.78, 5) is 17.3. The number of para-hydroxylation sites is 1. The molecule has 0 aliphatic heterocycles. The first-order valence-corrected chi connectivity index (χ1v) is 17.8. The number of aliphatic hydroxyl groups is 1. The van der Waals surface area contributed by atoms with Gasteiger partial charge in [-0.25, -0.2) is 0 Å². The predicted molar refractivity (Wildman–Crippen MR) is 204 cm³/mol. The van der Waals surface area contributed by atoms with Gasteiger partial charge in [0.1, 0.15) is 17.1 Å². The van der Waals surface area contributed by atoms with E-state index in [1.54, 1.807) is 0 Å². The molecule has 2 aromatic heterocycles. The molecular weight excluding hydrogens is 783 g/mol. The number of hydrogen-bond acceptors (Lipinski definition) is 4. The van der Waals surface area contributed by atoms with E-state index in [9.17, 15) is 9.90 Å². The Morgan fingerprint density at radius 2 is 1.41 bits per heavy atom. The number of fused-ring (bicyclic) bond motifs is 4. The fourth-order valence-corrected chi connectivity index (χ4v) is 6.14. The molecule has 265 valence electrons. The third kappa shape index (κ3) is 8.73. The van der Waals surface area contributed by atoms with Gasteiger partial charge in [-0.3, -0.25) is 9.78 Å². The number of carbonyl (C=O) groups excluding carboxylic acids is 1. The largest absolute Gasteiger partial charge is 0.512 e. The minimum atomic E-state index is -0.337. The molecule has 5 heteroatoms. The van der Waals surface area contributed by atoms with Crippen LogP contribution >= 0.6 is 0 Å². The van der Waals surface area contributed by atoms with Gasteiger partial charge < -0.3 is 9.52 Å². The van der Waals surface area contributed by atoms with Gasteiger partial charge in [-0.2, -0.15) is 0 Å². The molecule has 5 aromatic rings. The second kappa shape index (κ2) is 16.2. The average Bonchev–Trinajstić information content (AvgIpc) is 3.49. The fourth-order valence-electron chi connectivity index (χ4n) is 6.14. The van der Waals surface area contributed by atoms with Crippen molar-refractivity contribution in [2.45, 2.75) is 114 Å². The van der Waals surface area contributed by atoms with Crippen LogP contribution in [-0.2, 0) is 36.7 Å². The molecule has 0 unspecified atom stereocenters. The van der Waals surface area contributed by atoms with E-state index < -0.39 is 0 Å². The van der Waals surface area contributed by atoms with Crippen LogP contribution in [0.1, 0.15) is 113 Å². The number of aromatic nitrogens is 1. The number of allylic oxidation sites excluding steroid dienone is 2. The molecule has 1 radical (unpaired) electrons. The van der Waals surface area contributed by atoms with Crippen molar-refractivity contribution in [3.63, 3.8) is 0 Å². The molecular formula is C44H56IrNO3-. The number of ketones is 1. The number of benzene rings is 3. The molecule has 1 N–H and O–H groups in total. The molecule has 0 saturated carbocycles. The van der Waals surface area contributed by atoms with Crippen molar-refractivity contribution in [3.8, 4) is 11.3 Å². The van der Waals surface area contributed by atoms with Crippen LogP contribution in [0.25, 0.3) is 43.9 Å². The number of furan rings is 1. The summed E-state index contributed by atoms with van der Waals surface area (Å²) in [5.74, 6) is 1.83. The molecule has 3 aromatic carbocycles. The van der Waals surface area contributed by atoms with Crippen LogP contribution in [0.4, 0.5) is 0 Å². The second-order valence-electron chi connectivity index (χ2n) is 15.4. The monoisotopic (exact) mass is 839 g/mol. The van der Waals surface area contributed by atoms with E-state index in [1.807, 2.05) is 47.6 Å². The molecule has 0 amide bonds. The van der Waals surface area contributed by atoms with Gasteiger partial charge in [-0.15, -0.1) is 29.1 Å². The third-order valence-corrected chi connectivity index (χ3v) is 10.5. The van der Waals surface area contributed by atoms with E-state index in [0.717, 1.165) is 76.4 Å². The van der Waals surface area contributed by atoms with E-state index in [2.05, 4.69) is 95.3 Å². The summed E-state index contributed by atoms with van der Waals surface area (Å²) in [5, 5.41) is 14.8. The standard InChI is InChI=1S/C29H28NO.C15H28O2.Ir/c1-18(2)14-21-17-24-23-12-8-9-13-26(23)30-27(28(24)31-21)20-15-19-10-6-7-11-22(19)25(16-20)29(3,4)5;1-7-14(5,8-2)12(16)11-13(17)15(6,9-3)10-4;/h6-13,16-18H,14H2,1-5H3;11,16H,7-10H2,1-6H3;/q-1;;/b;12-11-;. The van der Waals surface area contributed by atoms with Crippen molar-refractivity contribution < 1.29 is 34.4 Å². The van der Waals surface area contributed by atoms with Crippen LogP contribution in [0.15, 0.2) is 76.9 Å². The first-order valence-electron chi connectivity index (χ1n) is 17.8. The van der Waals surface area contributed by atoms with Crippen LogP contribution < -0.4 is 0 Å². The van der Waals surface area contributed by atoms with Gasteiger partial charge in [0, 0.05) is 59.9 Å². The molecule has 49 heavy (non-hydrogen) atoms. The van der Waals surface area contributed by atoms with Gasteiger partial charge >= 0.3 is 0 Å². The molecule has 0 bridgehead atoms. The molecule has 0 aliphatic rings. The van der Waals surface area contributed by atoms with Gasteiger partial charge in [0.15, 0.2) is 5.78 Å². The Morgan fingerprint density at radius 1 is 0.837 bits per heavy atom. The van der Waals surface area contributed by atoms with E-state index in [4.69, 9.17) is 9.40 Å². The Labute approximate surface area is 308 Å². The summed E-state index contributed by atoms with van der Waals surface area (Å²) in [6.45, 7) is 23.3. The van der Waals surface area contributed by atoms with Crippen molar-refractivity contribution in [1.29, 1.82) is 0 Å². The number of carbonyl (C=O) groups is 1. The molecule has 5 rings (SSSR count). The van der Waals surface area contributed by atoms with Crippen LogP contribution in [0.2, 0.25) is 0 Å². The Hall–Kier alpha value is -3.27. The molecule has 0 aliphatic carbocycles. The third-order valence-electron chi connectivity index (χ3n) is 10.5. The summed E-state index contributed by atoms with van der Waals surface area (Å²) in [6.07, 6.45) is 5.67. The number of hydrogen-bond donors (Lipinski definition) is 1. The number of rotatable bonds is 10. The minimum absolute atomic E-state index is 0. The van der Waals surface area contributed by atoms with E-state index in [0.29, 0.717) is 5.92 Å². The molecule has 4 nitrogen and oxygen atoms in total. The first kappa shape index (κ1) is 40.2. The Balaban J connectivity index is 0.000000312. The molecule has 0 spiro atoms. The number of pyridine rings is 1. The van der Waals surface area contributed by atoms with Gasteiger partial charge in [0.2, 0.25) is 0 Å². The van der Waals surface area contributed by atoms with Gasteiger partial charge in [-0.05, 0) is 49.1 Å². The van der Waals surface area contributed by atoms with Crippen LogP contribution in [0, 0.1) is 22.8 Å². The van der Waals surface area contributed by atoms with E-state index >= 15 is 0 Å².